The van der Waals surface area contributed by atoms with Gasteiger partial charge in [-0.2, -0.15) is 4.31 Å². The SMILES string of the molecule is CCN(CC)S(=O)(=O)c1cc(C(=O)N2CCC(c3c[nH]c4ncccc34)CC2)ccc1C. The lowest BCUT2D eigenvalue weighted by molar-refractivity contribution is 0.0713. The number of likely N-dealkylation sites (tertiary alicyclic amines) is 1. The smallest absolute Gasteiger partial charge is 0.253 e. The minimum absolute atomic E-state index is 0.111. The lowest BCUT2D eigenvalue weighted by atomic mass is 9.89. The van der Waals surface area contributed by atoms with Gasteiger partial charge in [0.05, 0.1) is 4.90 Å². The number of fused-ring (bicyclic) bond motifs is 1. The summed E-state index contributed by atoms with van der Waals surface area (Å²) in [6.07, 6.45) is 5.54. The molecule has 3 aromatic rings. The summed E-state index contributed by atoms with van der Waals surface area (Å²) < 4.78 is 27.5. The van der Waals surface area contributed by atoms with Gasteiger partial charge in [-0.25, -0.2) is 13.4 Å². The summed E-state index contributed by atoms with van der Waals surface area (Å²) in [4.78, 5) is 22.9. The lowest BCUT2D eigenvalue weighted by Crippen LogP contribution is -2.38. The molecule has 1 N–H and O–H groups in total. The Morgan fingerprint density at radius 1 is 1.19 bits per heavy atom. The van der Waals surface area contributed by atoms with Crippen LogP contribution in [0, 0.1) is 6.92 Å². The van der Waals surface area contributed by atoms with Crippen molar-refractivity contribution < 1.29 is 13.2 Å². The van der Waals surface area contributed by atoms with Gasteiger partial charge >= 0.3 is 0 Å². The molecular weight excluding hydrogens is 424 g/mol. The maximum Gasteiger partial charge on any atom is 0.253 e. The molecule has 1 aliphatic heterocycles. The van der Waals surface area contributed by atoms with E-state index in [1.165, 1.54) is 9.87 Å². The number of hydrogen-bond acceptors (Lipinski definition) is 4. The third-order valence-corrected chi connectivity index (χ3v) is 8.66. The highest BCUT2D eigenvalue weighted by Crippen LogP contribution is 2.33. The average Bonchev–Trinajstić information content (AvgIpc) is 3.24. The molecule has 8 heteroatoms. The second-order valence-electron chi connectivity index (χ2n) is 8.28. The molecule has 0 spiro atoms. The van der Waals surface area contributed by atoms with Crippen LogP contribution in [0.5, 0.6) is 0 Å². The largest absolute Gasteiger partial charge is 0.346 e. The van der Waals surface area contributed by atoms with Crippen molar-refractivity contribution in [2.45, 2.75) is 44.4 Å². The summed E-state index contributed by atoms with van der Waals surface area (Å²) in [5, 5.41) is 1.14. The Kier molecular flexibility index (Phi) is 6.35. The van der Waals surface area contributed by atoms with E-state index in [4.69, 9.17) is 0 Å². The average molecular weight is 455 g/mol. The third-order valence-electron chi connectivity index (χ3n) is 6.46. The number of aromatic amines is 1. The van der Waals surface area contributed by atoms with Gasteiger partial charge in [0, 0.05) is 49.5 Å². The van der Waals surface area contributed by atoms with E-state index in [9.17, 15) is 13.2 Å². The maximum atomic E-state index is 13.2. The molecule has 7 nitrogen and oxygen atoms in total. The van der Waals surface area contributed by atoms with Gasteiger partial charge in [-0.3, -0.25) is 4.79 Å². The van der Waals surface area contributed by atoms with Crippen LogP contribution in [0.15, 0.2) is 47.6 Å². The predicted molar refractivity (Wildman–Crippen MR) is 125 cm³/mol. The molecule has 32 heavy (non-hydrogen) atoms. The second kappa shape index (κ2) is 9.03. The molecule has 1 saturated heterocycles. The number of carbonyl (C=O) groups excluding carboxylic acids is 1. The molecule has 0 bridgehead atoms. The van der Waals surface area contributed by atoms with Crippen LogP contribution in [-0.4, -0.2) is 59.7 Å². The fraction of sp³-hybridized carbons (Fsp3) is 0.417. The van der Waals surface area contributed by atoms with E-state index in [0.717, 1.165) is 23.9 Å². The monoisotopic (exact) mass is 454 g/mol. The van der Waals surface area contributed by atoms with Gasteiger partial charge in [0.1, 0.15) is 5.65 Å². The van der Waals surface area contributed by atoms with Crippen LogP contribution in [0.3, 0.4) is 0 Å². The number of nitrogens with zero attached hydrogens (tertiary/aromatic N) is 3. The zero-order valence-corrected chi connectivity index (χ0v) is 19.7. The van der Waals surface area contributed by atoms with Crippen molar-refractivity contribution in [3.05, 3.63) is 59.4 Å². The zero-order valence-electron chi connectivity index (χ0n) is 18.8. The van der Waals surface area contributed by atoms with Crippen LogP contribution in [0.2, 0.25) is 0 Å². The summed E-state index contributed by atoms with van der Waals surface area (Å²) >= 11 is 0. The van der Waals surface area contributed by atoms with Crippen LogP contribution in [0.25, 0.3) is 11.0 Å². The van der Waals surface area contributed by atoms with E-state index in [0.29, 0.717) is 43.2 Å². The van der Waals surface area contributed by atoms with Crippen LogP contribution < -0.4 is 0 Å². The molecule has 0 unspecified atom stereocenters. The van der Waals surface area contributed by atoms with Gasteiger partial charge in [0.15, 0.2) is 0 Å². The van der Waals surface area contributed by atoms with E-state index in [1.54, 1.807) is 31.3 Å². The van der Waals surface area contributed by atoms with Crippen molar-refractivity contribution in [3.63, 3.8) is 0 Å². The number of benzene rings is 1. The first-order chi connectivity index (χ1) is 15.4. The maximum absolute atomic E-state index is 13.2. The molecule has 2 aromatic heterocycles. The fourth-order valence-corrected chi connectivity index (χ4v) is 6.31. The molecule has 0 saturated carbocycles. The number of piperidine rings is 1. The number of sulfonamides is 1. The Morgan fingerprint density at radius 2 is 1.91 bits per heavy atom. The van der Waals surface area contributed by atoms with Crippen LogP contribution in [0.1, 0.15) is 54.1 Å². The standard InChI is InChI=1S/C24H30N4O3S/c1-4-28(5-2)32(30,31)22-15-19(9-8-17(22)3)24(29)27-13-10-18(11-14-27)21-16-26-23-20(21)7-6-12-25-23/h6-9,12,15-16,18H,4-5,10-11,13-14H2,1-3H3,(H,25,26). The molecule has 0 radical (unpaired) electrons. The number of nitrogens with one attached hydrogen (secondary N) is 1. The molecule has 0 atom stereocenters. The van der Waals surface area contributed by atoms with Gasteiger partial charge in [-0.05, 0) is 61.1 Å². The summed E-state index contributed by atoms with van der Waals surface area (Å²) in [5.41, 5.74) is 3.22. The lowest BCUT2D eigenvalue weighted by Gasteiger charge is -2.32. The number of pyridine rings is 1. The van der Waals surface area contributed by atoms with Gasteiger partial charge in [0.25, 0.3) is 5.91 Å². The number of carbonyl (C=O) groups is 1. The first kappa shape index (κ1) is 22.5. The second-order valence-corrected chi connectivity index (χ2v) is 10.2. The van der Waals surface area contributed by atoms with Crippen molar-refractivity contribution in [3.8, 4) is 0 Å². The van der Waals surface area contributed by atoms with Crippen molar-refractivity contribution in [2.24, 2.45) is 0 Å². The highest BCUT2D eigenvalue weighted by molar-refractivity contribution is 7.89. The molecular formula is C24H30N4O3S. The first-order valence-corrected chi connectivity index (χ1v) is 12.6. The van der Waals surface area contributed by atoms with Crippen LogP contribution >= 0.6 is 0 Å². The predicted octanol–water partition coefficient (Wildman–Crippen LogP) is 3.92. The number of hydrogen-bond donors (Lipinski definition) is 1. The van der Waals surface area contributed by atoms with E-state index in [1.807, 2.05) is 31.0 Å². The van der Waals surface area contributed by atoms with Crippen molar-refractivity contribution in [2.75, 3.05) is 26.2 Å². The molecule has 170 valence electrons. The van der Waals surface area contributed by atoms with Gasteiger partial charge in [-0.1, -0.05) is 19.9 Å². The first-order valence-electron chi connectivity index (χ1n) is 11.2. The topological polar surface area (TPSA) is 86.4 Å². The zero-order chi connectivity index (χ0) is 22.9. The summed E-state index contributed by atoms with van der Waals surface area (Å²) in [6, 6.07) is 9.03. The number of H-pyrrole nitrogens is 1. The Bertz CT molecular complexity index is 1220. The number of amides is 1. The fourth-order valence-electron chi connectivity index (χ4n) is 4.60. The normalized spacial score (nSPS) is 15.6. The number of aryl methyl sites for hydroxylation is 1. The van der Waals surface area contributed by atoms with Gasteiger partial charge in [-0.15, -0.1) is 0 Å². The molecule has 4 rings (SSSR count). The Labute approximate surface area is 189 Å². The minimum Gasteiger partial charge on any atom is -0.346 e. The van der Waals surface area contributed by atoms with Crippen molar-refractivity contribution in [1.29, 1.82) is 0 Å². The Morgan fingerprint density at radius 3 is 2.59 bits per heavy atom. The van der Waals surface area contributed by atoms with Gasteiger partial charge < -0.3 is 9.88 Å². The summed E-state index contributed by atoms with van der Waals surface area (Å²) in [5.74, 6) is 0.258. The quantitative estimate of drug-likeness (QED) is 0.612. The molecule has 1 aromatic carbocycles. The molecule has 1 fully saturated rings. The van der Waals surface area contributed by atoms with Crippen molar-refractivity contribution in [1.82, 2.24) is 19.2 Å². The van der Waals surface area contributed by atoms with E-state index >= 15 is 0 Å². The van der Waals surface area contributed by atoms with E-state index in [-0.39, 0.29) is 10.8 Å². The number of aromatic nitrogens is 2. The Balaban J connectivity index is 1.51. The molecule has 0 aliphatic carbocycles. The van der Waals surface area contributed by atoms with Crippen molar-refractivity contribution >= 4 is 27.0 Å². The van der Waals surface area contributed by atoms with E-state index < -0.39 is 10.0 Å². The molecule has 3 heterocycles. The molecule has 1 amide bonds. The van der Waals surface area contributed by atoms with E-state index in [2.05, 4.69) is 16.0 Å². The minimum atomic E-state index is -3.62. The molecule has 1 aliphatic rings. The van der Waals surface area contributed by atoms with Crippen LogP contribution in [0.4, 0.5) is 0 Å². The summed E-state index contributed by atoms with van der Waals surface area (Å²) in [7, 11) is -3.62. The van der Waals surface area contributed by atoms with Crippen LogP contribution in [-0.2, 0) is 10.0 Å². The van der Waals surface area contributed by atoms with Gasteiger partial charge in [0.2, 0.25) is 10.0 Å². The highest BCUT2D eigenvalue weighted by atomic mass is 32.2. The highest BCUT2D eigenvalue weighted by Gasteiger charge is 2.28. The third kappa shape index (κ3) is 4.04. The number of rotatable bonds is 6. The Hall–Kier alpha value is -2.71. The summed E-state index contributed by atoms with van der Waals surface area (Å²) in [6.45, 7) is 7.48.